The minimum Gasteiger partial charge on any atom is -0.392 e. The molecule has 88 valence electrons. The van der Waals surface area contributed by atoms with Crippen LogP contribution in [-0.2, 0) is 4.74 Å². The molecule has 2 aliphatic rings. The highest BCUT2D eigenvalue weighted by Gasteiger charge is 2.51. The van der Waals surface area contributed by atoms with Gasteiger partial charge in [0.2, 0.25) is 0 Å². The molecule has 2 rings (SSSR count). The first kappa shape index (κ1) is 11.3. The third-order valence-electron chi connectivity index (χ3n) is 3.49. The van der Waals surface area contributed by atoms with Crippen molar-refractivity contribution < 1.29 is 9.84 Å². The number of aliphatic hydroxyl groups is 1. The topological polar surface area (TPSA) is 62.0 Å². The number of nitrogens with zero attached hydrogens (tertiary/aromatic N) is 1. The molecule has 2 unspecified atom stereocenters. The number of hydrogen-bond acceptors (Lipinski definition) is 4. The van der Waals surface area contributed by atoms with Gasteiger partial charge in [-0.1, -0.05) is 6.42 Å². The molecular formula is C11H22N2O2. The number of likely N-dealkylation sites (tertiary alicyclic amines) is 1. The molecule has 2 fully saturated rings. The molecule has 0 amide bonds. The molecule has 2 heterocycles. The van der Waals surface area contributed by atoms with Crippen molar-refractivity contribution in [3.63, 3.8) is 0 Å². The summed E-state index contributed by atoms with van der Waals surface area (Å²) in [6, 6.07) is 0. The minimum atomic E-state index is -0.143. The van der Waals surface area contributed by atoms with E-state index in [-0.39, 0.29) is 11.8 Å². The molecule has 4 nitrogen and oxygen atoms in total. The second kappa shape index (κ2) is 4.78. The lowest BCUT2D eigenvalue weighted by Crippen LogP contribution is -2.37. The Balaban J connectivity index is 1.71. The van der Waals surface area contributed by atoms with Crippen LogP contribution in [0.25, 0.3) is 0 Å². The summed E-state index contributed by atoms with van der Waals surface area (Å²) in [6.45, 7) is 3.41. The maximum atomic E-state index is 9.49. The van der Waals surface area contributed by atoms with Crippen molar-refractivity contribution in [1.29, 1.82) is 0 Å². The highest BCUT2D eigenvalue weighted by Crippen LogP contribution is 2.38. The Morgan fingerprint density at radius 1 is 1.40 bits per heavy atom. The first-order chi connectivity index (χ1) is 7.27. The van der Waals surface area contributed by atoms with Crippen molar-refractivity contribution in [2.24, 2.45) is 5.73 Å². The molecule has 4 heteroatoms. The van der Waals surface area contributed by atoms with Gasteiger partial charge in [0.05, 0.1) is 12.7 Å². The second-order valence-electron chi connectivity index (χ2n) is 4.72. The Labute approximate surface area is 91.4 Å². The molecule has 2 saturated heterocycles. The van der Waals surface area contributed by atoms with Gasteiger partial charge in [0.25, 0.3) is 0 Å². The molecule has 15 heavy (non-hydrogen) atoms. The van der Waals surface area contributed by atoms with E-state index in [0.29, 0.717) is 0 Å². The fourth-order valence-corrected chi connectivity index (χ4v) is 2.40. The van der Waals surface area contributed by atoms with E-state index in [1.165, 1.54) is 12.8 Å². The molecule has 2 atom stereocenters. The fourth-order valence-electron chi connectivity index (χ4n) is 2.40. The van der Waals surface area contributed by atoms with Gasteiger partial charge in [-0.3, -0.25) is 4.90 Å². The van der Waals surface area contributed by atoms with E-state index >= 15 is 0 Å². The van der Waals surface area contributed by atoms with Crippen LogP contribution in [0.5, 0.6) is 0 Å². The van der Waals surface area contributed by atoms with Gasteiger partial charge in [-0.15, -0.1) is 0 Å². The SMILES string of the molecule is NCCCCCC1(N2CCC(O)C2)CO1. The lowest BCUT2D eigenvalue weighted by Gasteiger charge is -2.23. The van der Waals surface area contributed by atoms with Crippen LogP contribution in [-0.4, -0.2) is 48.1 Å². The normalized spacial score (nSPS) is 36.0. The van der Waals surface area contributed by atoms with Gasteiger partial charge in [-0.2, -0.15) is 0 Å². The van der Waals surface area contributed by atoms with Crippen LogP contribution < -0.4 is 5.73 Å². The zero-order chi connectivity index (χ0) is 10.7. The standard InChI is InChI=1S/C11H22N2O2/c12-6-3-1-2-5-11(9-15-11)13-7-4-10(14)8-13/h10,14H,1-9,12H2. The maximum absolute atomic E-state index is 9.49. The van der Waals surface area contributed by atoms with Crippen LogP contribution in [0.3, 0.4) is 0 Å². The lowest BCUT2D eigenvalue weighted by molar-refractivity contribution is 0.0740. The number of epoxide rings is 1. The Kier molecular flexibility index (Phi) is 3.61. The van der Waals surface area contributed by atoms with Crippen LogP contribution in [0.1, 0.15) is 32.1 Å². The van der Waals surface area contributed by atoms with Gasteiger partial charge in [-0.25, -0.2) is 0 Å². The van der Waals surface area contributed by atoms with Gasteiger partial charge < -0.3 is 15.6 Å². The van der Waals surface area contributed by atoms with Gasteiger partial charge in [0.1, 0.15) is 5.72 Å². The summed E-state index contributed by atoms with van der Waals surface area (Å²) in [5.74, 6) is 0. The van der Waals surface area contributed by atoms with E-state index in [1.54, 1.807) is 0 Å². The highest BCUT2D eigenvalue weighted by atomic mass is 16.6. The van der Waals surface area contributed by atoms with Crippen molar-refractivity contribution in [2.45, 2.75) is 43.9 Å². The minimum absolute atomic E-state index is 0.00786. The van der Waals surface area contributed by atoms with Gasteiger partial charge >= 0.3 is 0 Å². The summed E-state index contributed by atoms with van der Waals surface area (Å²) < 4.78 is 5.59. The van der Waals surface area contributed by atoms with Crippen LogP contribution in [0.15, 0.2) is 0 Å². The molecule has 3 N–H and O–H groups in total. The Bertz CT molecular complexity index is 207. The third kappa shape index (κ3) is 2.69. The number of hydrogen-bond donors (Lipinski definition) is 2. The van der Waals surface area contributed by atoms with Crippen LogP contribution in [0, 0.1) is 0 Å². The first-order valence-corrected chi connectivity index (χ1v) is 6.04. The van der Waals surface area contributed by atoms with E-state index in [0.717, 1.165) is 45.5 Å². The van der Waals surface area contributed by atoms with E-state index in [4.69, 9.17) is 10.5 Å². The largest absolute Gasteiger partial charge is 0.392 e. The molecule has 0 spiro atoms. The maximum Gasteiger partial charge on any atom is 0.145 e. The zero-order valence-electron chi connectivity index (χ0n) is 9.32. The predicted octanol–water partition coefficient (Wildman–Crippen LogP) is 0.299. The monoisotopic (exact) mass is 214 g/mol. The Morgan fingerprint density at radius 3 is 2.73 bits per heavy atom. The van der Waals surface area contributed by atoms with Crippen molar-refractivity contribution in [3.8, 4) is 0 Å². The average Bonchev–Trinajstić information content (AvgIpc) is 2.90. The second-order valence-corrected chi connectivity index (χ2v) is 4.72. The van der Waals surface area contributed by atoms with Crippen LogP contribution >= 0.6 is 0 Å². The van der Waals surface area contributed by atoms with Crippen molar-refractivity contribution in [2.75, 3.05) is 26.2 Å². The molecule has 0 aromatic carbocycles. The van der Waals surface area contributed by atoms with Gasteiger partial charge in [0.15, 0.2) is 0 Å². The van der Waals surface area contributed by atoms with E-state index in [2.05, 4.69) is 4.90 Å². The van der Waals surface area contributed by atoms with Crippen molar-refractivity contribution >= 4 is 0 Å². The van der Waals surface area contributed by atoms with E-state index < -0.39 is 0 Å². The number of aliphatic hydroxyl groups excluding tert-OH is 1. The molecule has 0 saturated carbocycles. The number of unbranched alkanes of at least 4 members (excludes halogenated alkanes) is 2. The molecule has 0 aromatic heterocycles. The zero-order valence-corrected chi connectivity index (χ0v) is 9.32. The van der Waals surface area contributed by atoms with Gasteiger partial charge in [0, 0.05) is 13.1 Å². The summed E-state index contributed by atoms with van der Waals surface area (Å²) >= 11 is 0. The summed E-state index contributed by atoms with van der Waals surface area (Å²) in [5, 5.41) is 9.49. The van der Waals surface area contributed by atoms with E-state index in [1.807, 2.05) is 0 Å². The number of rotatable bonds is 6. The summed E-state index contributed by atoms with van der Waals surface area (Å²) in [5.41, 5.74) is 5.45. The van der Waals surface area contributed by atoms with Crippen LogP contribution in [0.4, 0.5) is 0 Å². The average molecular weight is 214 g/mol. The number of β-amino-alcohol motifs (C(OH)–C–C–N with tert-alkyl or cyclic N) is 1. The summed E-state index contributed by atoms with van der Waals surface area (Å²) in [6.07, 6.45) is 5.34. The van der Waals surface area contributed by atoms with Gasteiger partial charge in [-0.05, 0) is 32.2 Å². The number of ether oxygens (including phenoxy) is 1. The lowest BCUT2D eigenvalue weighted by atomic mass is 10.1. The first-order valence-electron chi connectivity index (χ1n) is 6.04. The molecule has 0 aliphatic carbocycles. The molecule has 0 aromatic rings. The molecule has 2 aliphatic heterocycles. The quantitative estimate of drug-likeness (QED) is 0.493. The van der Waals surface area contributed by atoms with Crippen molar-refractivity contribution in [3.05, 3.63) is 0 Å². The molecule has 0 radical (unpaired) electrons. The molecular weight excluding hydrogens is 192 g/mol. The Morgan fingerprint density at radius 2 is 2.20 bits per heavy atom. The third-order valence-corrected chi connectivity index (χ3v) is 3.49. The Hall–Kier alpha value is -0.160. The smallest absolute Gasteiger partial charge is 0.145 e. The summed E-state index contributed by atoms with van der Waals surface area (Å²) in [7, 11) is 0. The summed E-state index contributed by atoms with van der Waals surface area (Å²) in [4.78, 5) is 2.31. The predicted molar refractivity (Wildman–Crippen MR) is 58.4 cm³/mol. The van der Waals surface area contributed by atoms with E-state index in [9.17, 15) is 5.11 Å². The number of nitrogens with two attached hydrogens (primary N) is 1. The highest BCUT2D eigenvalue weighted by molar-refractivity contribution is 4.95. The molecule has 0 bridgehead atoms. The van der Waals surface area contributed by atoms with Crippen LogP contribution in [0.2, 0.25) is 0 Å². The van der Waals surface area contributed by atoms with Crippen molar-refractivity contribution in [1.82, 2.24) is 4.90 Å². The fraction of sp³-hybridized carbons (Fsp3) is 1.00.